The Hall–Kier alpha value is -3.18. The smallest absolute Gasteiger partial charge is 0.335 e. The molecule has 4 rings (SSSR count). The third-order valence-electron chi connectivity index (χ3n) is 5.29. The third kappa shape index (κ3) is 5.79. The molecule has 0 saturated carbocycles. The second kappa shape index (κ2) is 11.3. The van der Waals surface area contributed by atoms with E-state index in [2.05, 4.69) is 49.9 Å². The van der Waals surface area contributed by atoms with Gasteiger partial charge in [0.2, 0.25) is 0 Å². The van der Waals surface area contributed by atoms with Crippen LogP contribution in [0.5, 0.6) is 11.5 Å². The van der Waals surface area contributed by atoms with E-state index in [-0.39, 0.29) is 5.57 Å². The Morgan fingerprint density at radius 2 is 1.78 bits per heavy atom. The van der Waals surface area contributed by atoms with E-state index < -0.39 is 17.8 Å². The normalized spacial score (nSPS) is 14.7. The number of barbiturate groups is 1. The number of aryl methyl sites for hydroxylation is 1. The highest BCUT2D eigenvalue weighted by Gasteiger charge is 2.36. The molecular formula is C27H22BrIN2O5. The zero-order valence-corrected chi connectivity index (χ0v) is 23.3. The predicted molar refractivity (Wildman–Crippen MR) is 149 cm³/mol. The van der Waals surface area contributed by atoms with Gasteiger partial charge in [-0.05, 0) is 90.0 Å². The first-order valence-electron chi connectivity index (χ1n) is 11.1. The minimum atomic E-state index is -0.797. The lowest BCUT2D eigenvalue weighted by Gasteiger charge is -2.26. The van der Waals surface area contributed by atoms with Crippen LogP contribution in [0.1, 0.15) is 23.6 Å². The average Bonchev–Trinajstić information content (AvgIpc) is 2.82. The largest absolute Gasteiger partial charge is 0.490 e. The van der Waals surface area contributed by atoms with Crippen molar-refractivity contribution >= 4 is 68.1 Å². The van der Waals surface area contributed by atoms with E-state index in [0.717, 1.165) is 24.1 Å². The minimum Gasteiger partial charge on any atom is -0.490 e. The van der Waals surface area contributed by atoms with Crippen molar-refractivity contribution in [1.82, 2.24) is 5.32 Å². The highest BCUT2D eigenvalue weighted by Crippen LogP contribution is 2.36. The van der Waals surface area contributed by atoms with Crippen LogP contribution in [0.3, 0.4) is 0 Å². The molecule has 1 saturated heterocycles. The molecule has 0 aromatic heterocycles. The maximum absolute atomic E-state index is 13.2. The molecule has 184 valence electrons. The molecule has 9 heteroatoms. The Bertz CT molecular complexity index is 1370. The third-order valence-corrected chi connectivity index (χ3v) is 6.62. The van der Waals surface area contributed by atoms with Gasteiger partial charge in [-0.3, -0.25) is 14.9 Å². The van der Waals surface area contributed by atoms with Gasteiger partial charge in [-0.2, -0.15) is 0 Å². The van der Waals surface area contributed by atoms with Crippen molar-refractivity contribution < 1.29 is 23.9 Å². The molecule has 3 aromatic carbocycles. The number of urea groups is 1. The van der Waals surface area contributed by atoms with E-state index in [4.69, 9.17) is 9.47 Å². The number of halogens is 2. The molecule has 0 radical (unpaired) electrons. The van der Waals surface area contributed by atoms with Crippen molar-refractivity contribution in [3.8, 4) is 11.5 Å². The van der Waals surface area contributed by atoms with E-state index >= 15 is 0 Å². The van der Waals surface area contributed by atoms with Crippen molar-refractivity contribution in [1.29, 1.82) is 0 Å². The summed E-state index contributed by atoms with van der Waals surface area (Å²) in [7, 11) is 0. The fourth-order valence-electron chi connectivity index (χ4n) is 3.68. The topological polar surface area (TPSA) is 84.9 Å². The number of carbonyl (C=O) groups excluding carboxylic acids is 3. The SMILES string of the molecule is CCOc1cc(/C=C2\C(=O)NC(=O)N(c3ccc(Br)cc3)C2=O)cc(I)c1OCc1cccc(C)c1. The number of ether oxygens (including phenoxy) is 2. The minimum absolute atomic E-state index is 0.163. The fourth-order valence-corrected chi connectivity index (χ4v) is 4.73. The molecule has 1 heterocycles. The molecule has 0 atom stereocenters. The standard InChI is InChI=1S/C27H22BrIN2O5/c1-3-35-23-14-18(13-22(29)24(23)36-15-17-6-4-5-16(2)11-17)12-21-25(32)30-27(34)31(26(21)33)20-9-7-19(28)8-10-20/h4-14H,3,15H2,1-2H3,(H,30,32,34)/b21-12+. The lowest BCUT2D eigenvalue weighted by Crippen LogP contribution is -2.54. The molecule has 3 aromatic rings. The average molecular weight is 661 g/mol. The summed E-state index contributed by atoms with van der Waals surface area (Å²) < 4.78 is 13.5. The van der Waals surface area contributed by atoms with Crippen LogP contribution in [-0.2, 0) is 16.2 Å². The Balaban J connectivity index is 1.65. The number of rotatable bonds is 7. The Morgan fingerprint density at radius 3 is 2.47 bits per heavy atom. The molecule has 1 aliphatic heterocycles. The van der Waals surface area contributed by atoms with Crippen LogP contribution in [0.4, 0.5) is 10.5 Å². The number of nitrogens with zero attached hydrogens (tertiary/aromatic N) is 1. The van der Waals surface area contributed by atoms with Gasteiger partial charge in [-0.25, -0.2) is 9.69 Å². The predicted octanol–water partition coefficient (Wildman–Crippen LogP) is 6.01. The first-order valence-corrected chi connectivity index (χ1v) is 13.0. The van der Waals surface area contributed by atoms with Crippen LogP contribution in [0, 0.1) is 10.5 Å². The first-order chi connectivity index (χ1) is 17.3. The van der Waals surface area contributed by atoms with Crippen molar-refractivity contribution in [3.63, 3.8) is 0 Å². The molecule has 1 aliphatic rings. The highest BCUT2D eigenvalue weighted by atomic mass is 127. The van der Waals surface area contributed by atoms with Gasteiger partial charge in [0.15, 0.2) is 11.5 Å². The van der Waals surface area contributed by atoms with Crippen LogP contribution < -0.4 is 19.7 Å². The monoisotopic (exact) mass is 660 g/mol. The van der Waals surface area contributed by atoms with Crippen LogP contribution in [-0.4, -0.2) is 24.5 Å². The highest BCUT2D eigenvalue weighted by molar-refractivity contribution is 14.1. The van der Waals surface area contributed by atoms with E-state index in [9.17, 15) is 14.4 Å². The van der Waals surface area contributed by atoms with Crippen molar-refractivity contribution in [2.75, 3.05) is 11.5 Å². The van der Waals surface area contributed by atoms with Crippen molar-refractivity contribution in [3.05, 3.63) is 91.0 Å². The van der Waals surface area contributed by atoms with E-state index in [1.165, 1.54) is 6.08 Å². The van der Waals surface area contributed by atoms with E-state index in [1.54, 1.807) is 36.4 Å². The molecule has 7 nitrogen and oxygen atoms in total. The van der Waals surface area contributed by atoms with Crippen LogP contribution >= 0.6 is 38.5 Å². The number of amides is 4. The maximum Gasteiger partial charge on any atom is 0.335 e. The van der Waals surface area contributed by atoms with Crippen molar-refractivity contribution in [2.45, 2.75) is 20.5 Å². The molecule has 1 N–H and O–H groups in total. The summed E-state index contributed by atoms with van der Waals surface area (Å²) in [6.45, 7) is 4.66. The number of nitrogens with one attached hydrogen (secondary N) is 1. The summed E-state index contributed by atoms with van der Waals surface area (Å²) in [6.07, 6.45) is 1.45. The van der Waals surface area contributed by atoms with Gasteiger partial charge in [-0.15, -0.1) is 0 Å². The number of hydrogen-bond acceptors (Lipinski definition) is 5. The van der Waals surface area contributed by atoms with Gasteiger partial charge in [-0.1, -0.05) is 45.8 Å². The first kappa shape index (κ1) is 25.9. The number of carbonyl (C=O) groups is 3. The van der Waals surface area contributed by atoms with Gasteiger partial charge in [0.1, 0.15) is 12.2 Å². The van der Waals surface area contributed by atoms with Gasteiger partial charge in [0.05, 0.1) is 15.9 Å². The fraction of sp³-hybridized carbons (Fsp3) is 0.148. The molecule has 0 unspecified atom stereocenters. The van der Waals surface area contributed by atoms with Crippen LogP contribution in [0.2, 0.25) is 0 Å². The quantitative estimate of drug-likeness (QED) is 0.191. The zero-order valence-electron chi connectivity index (χ0n) is 19.5. The summed E-state index contributed by atoms with van der Waals surface area (Å²) in [5, 5.41) is 2.24. The Morgan fingerprint density at radius 1 is 1.03 bits per heavy atom. The molecule has 0 bridgehead atoms. The van der Waals surface area contributed by atoms with E-state index in [1.807, 2.05) is 32.0 Å². The number of anilines is 1. The number of hydrogen-bond donors (Lipinski definition) is 1. The van der Waals surface area contributed by atoms with Gasteiger partial charge >= 0.3 is 6.03 Å². The molecule has 0 aliphatic carbocycles. The molecule has 4 amide bonds. The number of imide groups is 2. The van der Waals surface area contributed by atoms with Crippen LogP contribution in [0.15, 0.2) is 70.7 Å². The van der Waals surface area contributed by atoms with Gasteiger partial charge in [0.25, 0.3) is 11.8 Å². The zero-order chi connectivity index (χ0) is 25.8. The molecule has 0 spiro atoms. The Kier molecular flexibility index (Phi) is 8.10. The lowest BCUT2D eigenvalue weighted by molar-refractivity contribution is -0.122. The van der Waals surface area contributed by atoms with E-state index in [0.29, 0.717) is 36.0 Å². The summed E-state index contributed by atoms with van der Waals surface area (Å²) in [6, 6.07) is 17.4. The summed E-state index contributed by atoms with van der Waals surface area (Å²) in [4.78, 5) is 39.2. The summed E-state index contributed by atoms with van der Waals surface area (Å²) >= 11 is 5.47. The maximum atomic E-state index is 13.2. The molecule has 36 heavy (non-hydrogen) atoms. The summed E-state index contributed by atoms with van der Waals surface area (Å²) in [5.74, 6) is -0.398. The van der Waals surface area contributed by atoms with Gasteiger partial charge in [0, 0.05) is 4.47 Å². The lowest BCUT2D eigenvalue weighted by atomic mass is 10.1. The van der Waals surface area contributed by atoms with Crippen LogP contribution in [0.25, 0.3) is 6.08 Å². The van der Waals surface area contributed by atoms with Crippen molar-refractivity contribution in [2.24, 2.45) is 0 Å². The molecule has 1 fully saturated rings. The second-order valence-corrected chi connectivity index (χ2v) is 10.1. The summed E-state index contributed by atoms with van der Waals surface area (Å²) in [5.41, 5.74) is 2.92. The van der Waals surface area contributed by atoms with Gasteiger partial charge < -0.3 is 9.47 Å². The molecular weight excluding hydrogens is 639 g/mol. The Labute approximate surface area is 230 Å². The second-order valence-electron chi connectivity index (χ2n) is 7.97. The number of benzene rings is 3.